The molecular weight excluding hydrogens is 498 g/mol. The Labute approximate surface area is 228 Å². The van der Waals surface area contributed by atoms with Gasteiger partial charge in [-0.15, -0.1) is 11.8 Å². The molecule has 3 aromatic rings. The summed E-state index contributed by atoms with van der Waals surface area (Å²) in [6.45, 7) is 5.10. The normalized spacial score (nSPS) is 13.3. The molecule has 0 heterocycles. The summed E-state index contributed by atoms with van der Waals surface area (Å²) in [5.41, 5.74) is 14.0. The molecule has 3 rings (SSSR count). The highest BCUT2D eigenvalue weighted by molar-refractivity contribution is 8.00. The van der Waals surface area contributed by atoms with Gasteiger partial charge in [0.25, 0.3) is 0 Å². The second-order valence-corrected chi connectivity index (χ2v) is 11.2. The molecule has 8 heteroatoms. The van der Waals surface area contributed by atoms with Gasteiger partial charge in [-0.2, -0.15) is 0 Å². The third-order valence-electron chi connectivity index (χ3n) is 5.77. The SMILES string of the molecule is CC(C)(C)OC(=O)[C@H](CC(N)=O)NC(=O)[C@@H](N)CSC(c1ccccc1)(c1ccccc1)c1ccccc1. The first-order valence-electron chi connectivity index (χ1n) is 12.4. The molecule has 5 N–H and O–H groups in total. The minimum absolute atomic E-state index is 0.224. The molecule has 0 spiro atoms. The summed E-state index contributed by atoms with van der Waals surface area (Å²) in [5, 5.41) is 2.57. The zero-order chi connectivity index (χ0) is 27.8. The first-order valence-corrected chi connectivity index (χ1v) is 13.4. The van der Waals surface area contributed by atoms with Crippen molar-refractivity contribution < 1.29 is 19.1 Å². The van der Waals surface area contributed by atoms with Gasteiger partial charge in [-0.05, 0) is 37.5 Å². The number of nitrogens with one attached hydrogen (secondary N) is 1. The topological polar surface area (TPSA) is 125 Å². The summed E-state index contributed by atoms with van der Waals surface area (Å²) in [5.74, 6) is -1.82. The summed E-state index contributed by atoms with van der Waals surface area (Å²) in [7, 11) is 0. The summed E-state index contributed by atoms with van der Waals surface area (Å²) in [6, 6.07) is 27.9. The van der Waals surface area contributed by atoms with E-state index in [1.165, 1.54) is 11.8 Å². The molecule has 2 amide bonds. The standard InChI is InChI=1S/C30H35N3O4S/c1-29(2,3)37-28(36)25(19-26(32)34)33-27(35)24(31)20-38-30(21-13-7-4-8-14-21,22-15-9-5-10-16-22)23-17-11-6-12-18-23/h4-18,24-25H,19-20,31H2,1-3H3,(H2,32,34)(H,33,35)/t24-,25-/m0/s1. The molecular formula is C30H35N3O4S. The number of hydrogen-bond acceptors (Lipinski definition) is 6. The first kappa shape index (κ1) is 28.9. The lowest BCUT2D eigenvalue weighted by molar-refractivity contribution is -0.159. The van der Waals surface area contributed by atoms with E-state index in [-0.39, 0.29) is 12.2 Å². The average Bonchev–Trinajstić information content (AvgIpc) is 2.89. The number of carbonyl (C=O) groups excluding carboxylic acids is 3. The molecule has 7 nitrogen and oxygen atoms in total. The Morgan fingerprint density at radius 2 is 1.24 bits per heavy atom. The highest BCUT2D eigenvalue weighted by atomic mass is 32.2. The molecule has 0 aromatic heterocycles. The number of carbonyl (C=O) groups is 3. The van der Waals surface area contributed by atoms with Crippen LogP contribution in [0.15, 0.2) is 91.0 Å². The van der Waals surface area contributed by atoms with Crippen molar-refractivity contribution >= 4 is 29.5 Å². The summed E-state index contributed by atoms with van der Waals surface area (Å²) in [4.78, 5) is 37.3. The van der Waals surface area contributed by atoms with Gasteiger partial charge in [-0.25, -0.2) is 4.79 Å². The molecule has 3 aromatic carbocycles. The zero-order valence-electron chi connectivity index (χ0n) is 21.9. The highest BCUT2D eigenvalue weighted by Crippen LogP contribution is 2.48. The molecule has 0 saturated heterocycles. The molecule has 0 bridgehead atoms. The lowest BCUT2D eigenvalue weighted by Crippen LogP contribution is -2.52. The Morgan fingerprint density at radius 1 is 0.816 bits per heavy atom. The lowest BCUT2D eigenvalue weighted by atomic mass is 9.84. The Hall–Kier alpha value is -3.62. The number of hydrogen-bond donors (Lipinski definition) is 3. The average molecular weight is 534 g/mol. The minimum atomic E-state index is -1.22. The van der Waals surface area contributed by atoms with Gasteiger partial charge in [0.2, 0.25) is 11.8 Å². The number of primary amides is 1. The van der Waals surface area contributed by atoms with Crippen LogP contribution >= 0.6 is 11.8 Å². The van der Waals surface area contributed by atoms with E-state index < -0.39 is 40.2 Å². The van der Waals surface area contributed by atoms with E-state index in [1.807, 2.05) is 54.6 Å². The van der Waals surface area contributed by atoms with Crippen molar-refractivity contribution in [2.45, 2.75) is 49.6 Å². The maximum absolute atomic E-state index is 13.1. The van der Waals surface area contributed by atoms with Crippen molar-refractivity contribution in [1.29, 1.82) is 0 Å². The van der Waals surface area contributed by atoms with E-state index in [2.05, 4.69) is 41.7 Å². The zero-order valence-corrected chi connectivity index (χ0v) is 22.7. The van der Waals surface area contributed by atoms with Crippen LogP contribution in [0.5, 0.6) is 0 Å². The number of benzene rings is 3. The number of nitrogens with two attached hydrogens (primary N) is 2. The molecule has 0 fully saturated rings. The maximum Gasteiger partial charge on any atom is 0.329 e. The van der Waals surface area contributed by atoms with E-state index in [4.69, 9.17) is 16.2 Å². The molecule has 0 aliphatic heterocycles. The Bertz CT molecular complexity index is 1120. The third-order valence-corrected chi connectivity index (χ3v) is 7.44. The van der Waals surface area contributed by atoms with Crippen LogP contribution < -0.4 is 16.8 Å². The van der Waals surface area contributed by atoms with Crippen LogP contribution in [0.4, 0.5) is 0 Å². The molecule has 0 radical (unpaired) electrons. The van der Waals surface area contributed by atoms with Crippen molar-refractivity contribution in [3.63, 3.8) is 0 Å². The van der Waals surface area contributed by atoms with Crippen LogP contribution in [-0.4, -0.2) is 41.2 Å². The maximum atomic E-state index is 13.1. The van der Waals surface area contributed by atoms with Crippen molar-refractivity contribution in [3.05, 3.63) is 108 Å². The Morgan fingerprint density at radius 3 is 1.61 bits per heavy atom. The summed E-state index contributed by atoms with van der Waals surface area (Å²) in [6.07, 6.45) is -0.386. The molecule has 0 saturated carbocycles. The predicted octanol–water partition coefficient (Wildman–Crippen LogP) is 3.74. The first-order chi connectivity index (χ1) is 18.0. The largest absolute Gasteiger partial charge is 0.458 e. The van der Waals surface area contributed by atoms with Gasteiger partial charge in [0.1, 0.15) is 11.6 Å². The molecule has 0 aliphatic carbocycles. The Kier molecular flexibility index (Phi) is 9.72. The molecule has 0 aliphatic rings. The van der Waals surface area contributed by atoms with Gasteiger partial charge in [0, 0.05) is 5.75 Å². The van der Waals surface area contributed by atoms with Crippen molar-refractivity contribution in [3.8, 4) is 0 Å². The van der Waals surface area contributed by atoms with Crippen LogP contribution in [0, 0.1) is 0 Å². The van der Waals surface area contributed by atoms with Crippen LogP contribution in [0.25, 0.3) is 0 Å². The van der Waals surface area contributed by atoms with Gasteiger partial charge >= 0.3 is 5.97 Å². The van der Waals surface area contributed by atoms with Gasteiger partial charge in [-0.1, -0.05) is 91.0 Å². The predicted molar refractivity (Wildman–Crippen MR) is 151 cm³/mol. The number of ether oxygens (including phenoxy) is 1. The lowest BCUT2D eigenvalue weighted by Gasteiger charge is -2.36. The molecule has 200 valence electrons. The fourth-order valence-electron chi connectivity index (χ4n) is 4.11. The quantitative estimate of drug-likeness (QED) is 0.255. The van der Waals surface area contributed by atoms with E-state index in [9.17, 15) is 14.4 Å². The molecule has 0 unspecified atom stereocenters. The summed E-state index contributed by atoms with van der Waals surface area (Å²) >= 11 is 1.53. The van der Waals surface area contributed by atoms with Crippen LogP contribution in [0.2, 0.25) is 0 Å². The molecule has 2 atom stereocenters. The highest BCUT2D eigenvalue weighted by Gasteiger charge is 2.38. The van der Waals surface area contributed by atoms with E-state index in [0.717, 1.165) is 16.7 Å². The van der Waals surface area contributed by atoms with Crippen molar-refractivity contribution in [2.75, 3.05) is 5.75 Å². The fraction of sp³-hybridized carbons (Fsp3) is 0.300. The van der Waals surface area contributed by atoms with Crippen LogP contribution in [0.3, 0.4) is 0 Å². The molecule has 38 heavy (non-hydrogen) atoms. The van der Waals surface area contributed by atoms with Gasteiger partial charge in [0.15, 0.2) is 0 Å². The van der Waals surface area contributed by atoms with Crippen LogP contribution in [0.1, 0.15) is 43.9 Å². The summed E-state index contributed by atoms with van der Waals surface area (Å²) < 4.78 is 4.71. The van der Waals surface area contributed by atoms with Crippen molar-refractivity contribution in [1.82, 2.24) is 5.32 Å². The monoisotopic (exact) mass is 533 g/mol. The van der Waals surface area contributed by atoms with Gasteiger partial charge < -0.3 is 21.5 Å². The second-order valence-electron chi connectivity index (χ2n) is 9.96. The minimum Gasteiger partial charge on any atom is -0.458 e. The smallest absolute Gasteiger partial charge is 0.329 e. The Balaban J connectivity index is 1.90. The van der Waals surface area contributed by atoms with Crippen LogP contribution in [-0.2, 0) is 23.9 Å². The number of rotatable bonds is 11. The number of thioether (sulfide) groups is 1. The van der Waals surface area contributed by atoms with Gasteiger partial charge in [0.05, 0.1) is 17.2 Å². The third kappa shape index (κ3) is 7.46. The second kappa shape index (κ2) is 12.8. The van der Waals surface area contributed by atoms with Gasteiger partial charge in [-0.3, -0.25) is 9.59 Å². The fourth-order valence-corrected chi connectivity index (χ4v) is 5.59. The van der Waals surface area contributed by atoms with E-state index in [0.29, 0.717) is 0 Å². The number of amides is 2. The van der Waals surface area contributed by atoms with E-state index >= 15 is 0 Å². The van der Waals surface area contributed by atoms with Crippen molar-refractivity contribution in [2.24, 2.45) is 11.5 Å². The van der Waals surface area contributed by atoms with E-state index in [1.54, 1.807) is 20.8 Å². The number of esters is 1.